The second kappa shape index (κ2) is 7.94. The van der Waals surface area contributed by atoms with Crippen LogP contribution in [0.2, 0.25) is 0 Å². The second-order valence-corrected chi connectivity index (χ2v) is 6.65. The summed E-state index contributed by atoms with van der Waals surface area (Å²) in [5, 5.41) is 4.23. The molecule has 0 amide bonds. The van der Waals surface area contributed by atoms with Crippen LogP contribution in [0.15, 0.2) is 34.7 Å². The summed E-state index contributed by atoms with van der Waals surface area (Å²) in [5.41, 5.74) is 1.54. The van der Waals surface area contributed by atoms with Gasteiger partial charge in [-0.2, -0.15) is 4.98 Å². The average molecular weight is 368 g/mol. The maximum atomic E-state index is 5.86. The van der Waals surface area contributed by atoms with Crippen LogP contribution in [0.3, 0.4) is 0 Å². The first-order valence-corrected chi connectivity index (χ1v) is 9.22. The van der Waals surface area contributed by atoms with E-state index in [2.05, 4.69) is 20.2 Å². The van der Waals surface area contributed by atoms with Gasteiger partial charge in [-0.1, -0.05) is 0 Å². The van der Waals surface area contributed by atoms with Gasteiger partial charge in [0.15, 0.2) is 0 Å². The van der Waals surface area contributed by atoms with Gasteiger partial charge in [-0.25, -0.2) is 4.98 Å². The highest BCUT2D eigenvalue weighted by molar-refractivity contribution is 5.88. The molecule has 0 unspecified atom stereocenters. The van der Waals surface area contributed by atoms with Crippen LogP contribution in [0.25, 0.3) is 11.1 Å². The maximum absolute atomic E-state index is 5.86. The highest BCUT2D eigenvalue weighted by Crippen LogP contribution is 2.27. The molecule has 2 aromatic heterocycles. The number of nitrogens with one attached hydrogen (secondary N) is 1. The van der Waals surface area contributed by atoms with Crippen LogP contribution in [0.4, 0.5) is 11.5 Å². The lowest BCUT2D eigenvalue weighted by Gasteiger charge is -2.26. The van der Waals surface area contributed by atoms with Gasteiger partial charge in [-0.05, 0) is 44.2 Å². The Morgan fingerprint density at radius 2 is 1.89 bits per heavy atom. The van der Waals surface area contributed by atoms with Crippen molar-refractivity contribution in [2.24, 2.45) is 0 Å². The van der Waals surface area contributed by atoms with E-state index in [9.17, 15) is 0 Å². The van der Waals surface area contributed by atoms with Gasteiger partial charge in [0.1, 0.15) is 29.8 Å². The van der Waals surface area contributed by atoms with Crippen LogP contribution in [0, 0.1) is 13.8 Å². The van der Waals surface area contributed by atoms with Gasteiger partial charge in [0.25, 0.3) is 0 Å². The number of benzene rings is 1. The third kappa shape index (κ3) is 4.37. The second-order valence-electron chi connectivity index (χ2n) is 6.65. The molecule has 0 bridgehead atoms. The van der Waals surface area contributed by atoms with Crippen LogP contribution in [-0.4, -0.2) is 54.3 Å². The predicted molar refractivity (Wildman–Crippen MR) is 104 cm³/mol. The Labute approximate surface area is 158 Å². The topological polar surface area (TPSA) is 72.7 Å². The first-order valence-electron chi connectivity index (χ1n) is 9.22. The van der Waals surface area contributed by atoms with Crippen LogP contribution >= 0.6 is 0 Å². The summed E-state index contributed by atoms with van der Waals surface area (Å²) in [5.74, 6) is 3.09. The molecule has 142 valence electrons. The van der Waals surface area contributed by atoms with Crippen LogP contribution in [-0.2, 0) is 4.74 Å². The summed E-state index contributed by atoms with van der Waals surface area (Å²) < 4.78 is 16.8. The van der Waals surface area contributed by atoms with Gasteiger partial charge in [-0.3, -0.25) is 4.90 Å². The SMILES string of the molecule is Cc1nc(Nc2ccc(OCCN3CCOCC3)cc2)c2cc(C)oc2n1. The minimum absolute atomic E-state index is 0.602. The lowest BCUT2D eigenvalue weighted by atomic mass is 10.3. The van der Waals surface area contributed by atoms with Crippen LogP contribution in [0.5, 0.6) is 5.75 Å². The zero-order valence-electron chi connectivity index (χ0n) is 15.7. The fourth-order valence-corrected chi connectivity index (χ4v) is 3.13. The summed E-state index contributed by atoms with van der Waals surface area (Å²) >= 11 is 0. The van der Waals surface area contributed by atoms with E-state index in [1.54, 1.807) is 0 Å². The minimum Gasteiger partial charge on any atom is -0.492 e. The summed E-state index contributed by atoms with van der Waals surface area (Å²) in [6.07, 6.45) is 0. The standard InChI is InChI=1S/C20H24N4O3/c1-14-13-18-19(21-15(2)22-20(18)27-14)23-16-3-5-17(6-4-16)26-12-9-24-7-10-25-11-8-24/h3-6,13H,7-12H2,1-2H3,(H,21,22,23). The molecule has 1 N–H and O–H groups in total. The number of hydrogen-bond donors (Lipinski definition) is 1. The maximum Gasteiger partial charge on any atom is 0.231 e. The molecule has 1 fully saturated rings. The molecule has 0 aliphatic carbocycles. The smallest absolute Gasteiger partial charge is 0.231 e. The highest BCUT2D eigenvalue weighted by Gasteiger charge is 2.11. The molecule has 1 aromatic carbocycles. The summed E-state index contributed by atoms with van der Waals surface area (Å²) in [6.45, 7) is 8.93. The number of morpholine rings is 1. The molecule has 0 atom stereocenters. The third-order valence-electron chi connectivity index (χ3n) is 4.52. The molecule has 1 aliphatic heterocycles. The number of furan rings is 1. The van der Waals surface area contributed by atoms with Crippen molar-refractivity contribution in [3.05, 3.63) is 41.9 Å². The van der Waals surface area contributed by atoms with E-state index in [-0.39, 0.29) is 0 Å². The van der Waals surface area contributed by atoms with Gasteiger partial charge >= 0.3 is 0 Å². The number of ether oxygens (including phenoxy) is 2. The van der Waals surface area contributed by atoms with Crippen molar-refractivity contribution in [3.8, 4) is 5.75 Å². The van der Waals surface area contributed by atoms with Crippen molar-refractivity contribution < 1.29 is 13.9 Å². The largest absolute Gasteiger partial charge is 0.492 e. The molecule has 0 saturated carbocycles. The number of anilines is 2. The fraction of sp³-hybridized carbons (Fsp3) is 0.400. The molecule has 0 spiro atoms. The van der Waals surface area contributed by atoms with E-state index in [4.69, 9.17) is 13.9 Å². The van der Waals surface area contributed by atoms with Crippen molar-refractivity contribution in [2.75, 3.05) is 44.8 Å². The number of aromatic nitrogens is 2. The Morgan fingerprint density at radius 3 is 2.67 bits per heavy atom. The molecule has 1 aliphatic rings. The molecular formula is C20H24N4O3. The average Bonchev–Trinajstić information content (AvgIpc) is 3.04. The van der Waals surface area contributed by atoms with Gasteiger partial charge in [0, 0.05) is 25.3 Å². The molecule has 3 heterocycles. The van der Waals surface area contributed by atoms with Crippen molar-refractivity contribution in [3.63, 3.8) is 0 Å². The van der Waals surface area contributed by atoms with E-state index in [1.807, 2.05) is 44.2 Å². The first kappa shape index (κ1) is 17.8. The Morgan fingerprint density at radius 1 is 1.11 bits per heavy atom. The number of fused-ring (bicyclic) bond motifs is 1. The van der Waals surface area contributed by atoms with Crippen molar-refractivity contribution in [1.82, 2.24) is 14.9 Å². The van der Waals surface area contributed by atoms with Crippen molar-refractivity contribution in [2.45, 2.75) is 13.8 Å². The lowest BCUT2D eigenvalue weighted by Crippen LogP contribution is -2.38. The normalized spacial score (nSPS) is 15.2. The molecule has 0 radical (unpaired) electrons. The molecule has 1 saturated heterocycles. The number of aryl methyl sites for hydroxylation is 2. The Hall–Kier alpha value is -2.64. The van der Waals surface area contributed by atoms with Gasteiger partial charge in [0.05, 0.1) is 18.6 Å². The van der Waals surface area contributed by atoms with E-state index in [0.717, 1.165) is 61.2 Å². The van der Waals surface area contributed by atoms with E-state index in [0.29, 0.717) is 18.1 Å². The van der Waals surface area contributed by atoms with Crippen LogP contribution in [0.1, 0.15) is 11.6 Å². The van der Waals surface area contributed by atoms with E-state index < -0.39 is 0 Å². The predicted octanol–water partition coefficient (Wildman–Crippen LogP) is 3.29. The zero-order valence-corrected chi connectivity index (χ0v) is 15.7. The molecule has 4 rings (SSSR count). The van der Waals surface area contributed by atoms with Crippen LogP contribution < -0.4 is 10.1 Å². The lowest BCUT2D eigenvalue weighted by molar-refractivity contribution is 0.0322. The van der Waals surface area contributed by atoms with Gasteiger partial charge in [-0.15, -0.1) is 0 Å². The zero-order chi connectivity index (χ0) is 18.6. The summed E-state index contributed by atoms with van der Waals surface area (Å²) in [4.78, 5) is 11.2. The highest BCUT2D eigenvalue weighted by atomic mass is 16.5. The van der Waals surface area contributed by atoms with E-state index >= 15 is 0 Å². The Kier molecular flexibility index (Phi) is 5.22. The monoisotopic (exact) mass is 368 g/mol. The Balaban J connectivity index is 1.38. The fourth-order valence-electron chi connectivity index (χ4n) is 3.13. The quantitative estimate of drug-likeness (QED) is 0.716. The molecule has 7 nitrogen and oxygen atoms in total. The molecule has 27 heavy (non-hydrogen) atoms. The van der Waals surface area contributed by atoms with E-state index in [1.165, 1.54) is 0 Å². The third-order valence-corrected chi connectivity index (χ3v) is 4.52. The van der Waals surface area contributed by atoms with Crippen molar-refractivity contribution in [1.29, 1.82) is 0 Å². The van der Waals surface area contributed by atoms with Crippen molar-refractivity contribution >= 4 is 22.6 Å². The minimum atomic E-state index is 0.602. The number of hydrogen-bond acceptors (Lipinski definition) is 7. The summed E-state index contributed by atoms with van der Waals surface area (Å²) in [7, 11) is 0. The summed E-state index contributed by atoms with van der Waals surface area (Å²) in [6, 6.07) is 9.85. The number of nitrogens with zero attached hydrogens (tertiary/aromatic N) is 3. The molecular weight excluding hydrogens is 344 g/mol. The number of rotatable bonds is 6. The molecule has 7 heteroatoms. The Bertz CT molecular complexity index is 901. The molecule has 3 aromatic rings. The first-order chi connectivity index (χ1) is 13.2. The van der Waals surface area contributed by atoms with Gasteiger partial charge < -0.3 is 19.2 Å². The van der Waals surface area contributed by atoms with Gasteiger partial charge in [0.2, 0.25) is 5.71 Å².